The predicted octanol–water partition coefficient (Wildman–Crippen LogP) is 2.17. The highest BCUT2D eigenvalue weighted by molar-refractivity contribution is 7.90. The van der Waals surface area contributed by atoms with Gasteiger partial charge in [-0.25, -0.2) is 12.8 Å². The van der Waals surface area contributed by atoms with Crippen molar-refractivity contribution in [3.8, 4) is 11.5 Å². The first-order valence-electron chi connectivity index (χ1n) is 5.01. The van der Waals surface area contributed by atoms with Crippen molar-refractivity contribution >= 4 is 21.4 Å². The van der Waals surface area contributed by atoms with E-state index in [2.05, 4.69) is 0 Å². The van der Waals surface area contributed by atoms with Crippen LogP contribution in [-0.2, 0) is 9.84 Å². The zero-order chi connectivity index (χ0) is 13.9. The van der Waals surface area contributed by atoms with Crippen molar-refractivity contribution < 1.29 is 22.3 Å². The van der Waals surface area contributed by atoms with Crippen LogP contribution in [0.1, 0.15) is 10.9 Å². The third-order valence-electron chi connectivity index (χ3n) is 2.29. The van der Waals surface area contributed by atoms with Gasteiger partial charge in [-0.2, -0.15) is 0 Å². The number of halogens is 2. The summed E-state index contributed by atoms with van der Waals surface area (Å²) in [5.74, 6) is -0.452. The van der Waals surface area contributed by atoms with Gasteiger partial charge in [0.25, 0.3) is 0 Å². The molecule has 0 amide bonds. The van der Waals surface area contributed by atoms with Crippen molar-refractivity contribution in [2.75, 3.05) is 26.2 Å². The molecule has 1 rings (SSSR count). The predicted molar refractivity (Wildman–Crippen MR) is 67.8 cm³/mol. The minimum Gasteiger partial charge on any atom is -0.493 e. The van der Waals surface area contributed by atoms with E-state index in [0.717, 1.165) is 12.3 Å². The molecule has 1 unspecified atom stereocenters. The zero-order valence-electron chi connectivity index (χ0n) is 10.2. The third-order valence-corrected chi connectivity index (χ3v) is 3.80. The minimum absolute atomic E-state index is 0.0692. The Bertz CT molecular complexity index is 530. The van der Waals surface area contributed by atoms with Crippen LogP contribution in [0.25, 0.3) is 0 Å². The standard InChI is InChI=1S/C11H14ClFO4S/c1-16-10-4-7(8(12)6-18(3,14)15)9(13)5-11(10)17-2/h4-5,8H,6H2,1-3H3. The van der Waals surface area contributed by atoms with Gasteiger partial charge in [-0.1, -0.05) is 0 Å². The van der Waals surface area contributed by atoms with Crippen LogP contribution in [-0.4, -0.2) is 34.6 Å². The van der Waals surface area contributed by atoms with Gasteiger partial charge in [0.15, 0.2) is 11.5 Å². The van der Waals surface area contributed by atoms with Crippen molar-refractivity contribution in [2.45, 2.75) is 5.38 Å². The Labute approximate surface area is 111 Å². The summed E-state index contributed by atoms with van der Waals surface area (Å²) in [6.07, 6.45) is 1.04. The van der Waals surface area contributed by atoms with Crippen LogP contribution in [0.3, 0.4) is 0 Å². The average Bonchev–Trinajstić information content (AvgIpc) is 2.26. The molecule has 0 spiro atoms. The van der Waals surface area contributed by atoms with E-state index in [1.54, 1.807) is 0 Å². The summed E-state index contributed by atoms with van der Waals surface area (Å²) in [6, 6.07) is 2.46. The molecule has 0 saturated carbocycles. The minimum atomic E-state index is -3.29. The molecular weight excluding hydrogens is 283 g/mol. The van der Waals surface area contributed by atoms with E-state index in [0.29, 0.717) is 5.75 Å². The number of hydrogen-bond donors (Lipinski definition) is 0. The molecule has 0 saturated heterocycles. The van der Waals surface area contributed by atoms with Gasteiger partial charge in [0.05, 0.1) is 25.3 Å². The van der Waals surface area contributed by atoms with Gasteiger partial charge in [0, 0.05) is 17.9 Å². The van der Waals surface area contributed by atoms with E-state index in [9.17, 15) is 12.8 Å². The lowest BCUT2D eigenvalue weighted by atomic mass is 10.1. The number of methoxy groups -OCH3 is 2. The number of ether oxygens (including phenoxy) is 2. The molecule has 0 bridgehead atoms. The second-order valence-corrected chi connectivity index (χ2v) is 6.50. The molecule has 0 N–H and O–H groups in total. The Hall–Kier alpha value is -1.01. The van der Waals surface area contributed by atoms with E-state index in [-0.39, 0.29) is 17.1 Å². The molecule has 4 nitrogen and oxygen atoms in total. The first-order valence-corrected chi connectivity index (χ1v) is 7.51. The summed E-state index contributed by atoms with van der Waals surface area (Å²) in [5, 5.41) is -0.972. The molecule has 0 heterocycles. The largest absolute Gasteiger partial charge is 0.493 e. The van der Waals surface area contributed by atoms with Crippen LogP contribution in [0, 0.1) is 5.82 Å². The molecule has 1 aromatic carbocycles. The van der Waals surface area contributed by atoms with Crippen LogP contribution in [0.4, 0.5) is 4.39 Å². The molecule has 1 aromatic rings. The third kappa shape index (κ3) is 3.74. The van der Waals surface area contributed by atoms with Crippen LogP contribution < -0.4 is 9.47 Å². The molecule has 7 heteroatoms. The second-order valence-electron chi connectivity index (χ2n) is 3.79. The fourth-order valence-electron chi connectivity index (χ4n) is 1.47. The smallest absolute Gasteiger partial charge is 0.163 e. The highest BCUT2D eigenvalue weighted by Gasteiger charge is 2.21. The quantitative estimate of drug-likeness (QED) is 0.782. The van der Waals surface area contributed by atoms with E-state index < -0.39 is 21.0 Å². The Balaban J connectivity index is 3.17. The molecule has 0 fully saturated rings. The number of sulfone groups is 1. The second kappa shape index (κ2) is 5.75. The van der Waals surface area contributed by atoms with E-state index >= 15 is 0 Å². The van der Waals surface area contributed by atoms with Crippen molar-refractivity contribution in [1.29, 1.82) is 0 Å². The first kappa shape index (κ1) is 15.0. The Morgan fingerprint density at radius 1 is 1.28 bits per heavy atom. The van der Waals surface area contributed by atoms with Crippen LogP contribution in [0.15, 0.2) is 12.1 Å². The van der Waals surface area contributed by atoms with Gasteiger partial charge >= 0.3 is 0 Å². The van der Waals surface area contributed by atoms with Crippen molar-refractivity contribution in [1.82, 2.24) is 0 Å². The monoisotopic (exact) mass is 296 g/mol. The van der Waals surface area contributed by atoms with Crippen molar-refractivity contribution in [3.05, 3.63) is 23.5 Å². The van der Waals surface area contributed by atoms with Gasteiger partial charge in [-0.15, -0.1) is 11.6 Å². The highest BCUT2D eigenvalue weighted by Crippen LogP contribution is 2.34. The number of hydrogen-bond acceptors (Lipinski definition) is 4. The van der Waals surface area contributed by atoms with E-state index in [1.165, 1.54) is 20.3 Å². The lowest BCUT2D eigenvalue weighted by molar-refractivity contribution is 0.351. The van der Waals surface area contributed by atoms with Crippen molar-refractivity contribution in [2.24, 2.45) is 0 Å². The number of rotatable bonds is 5. The zero-order valence-corrected chi connectivity index (χ0v) is 11.8. The lowest BCUT2D eigenvalue weighted by Gasteiger charge is -2.14. The normalized spacial score (nSPS) is 13.2. The first-order chi connectivity index (χ1) is 8.28. The van der Waals surface area contributed by atoms with Gasteiger partial charge in [-0.05, 0) is 6.07 Å². The molecule has 0 radical (unpaired) electrons. The maximum atomic E-state index is 13.8. The van der Waals surface area contributed by atoms with Gasteiger partial charge in [-0.3, -0.25) is 0 Å². The van der Waals surface area contributed by atoms with Gasteiger partial charge in [0.2, 0.25) is 0 Å². The van der Waals surface area contributed by atoms with Gasteiger partial charge in [0.1, 0.15) is 15.7 Å². The molecule has 1 atom stereocenters. The van der Waals surface area contributed by atoms with Crippen molar-refractivity contribution in [3.63, 3.8) is 0 Å². The highest BCUT2D eigenvalue weighted by atomic mass is 35.5. The van der Waals surface area contributed by atoms with E-state index in [1.807, 2.05) is 0 Å². The number of alkyl halides is 1. The summed E-state index contributed by atoms with van der Waals surface area (Å²) < 4.78 is 46.0. The number of benzene rings is 1. The maximum absolute atomic E-state index is 13.8. The fraction of sp³-hybridized carbons (Fsp3) is 0.455. The van der Waals surface area contributed by atoms with Gasteiger partial charge < -0.3 is 9.47 Å². The van der Waals surface area contributed by atoms with Crippen LogP contribution in [0.5, 0.6) is 11.5 Å². The lowest BCUT2D eigenvalue weighted by Crippen LogP contribution is -2.10. The van der Waals surface area contributed by atoms with Crippen LogP contribution in [0.2, 0.25) is 0 Å². The SMILES string of the molecule is COc1cc(F)c(C(Cl)CS(C)(=O)=O)cc1OC. The van der Waals surface area contributed by atoms with E-state index in [4.69, 9.17) is 21.1 Å². The Morgan fingerprint density at radius 3 is 2.22 bits per heavy atom. The molecule has 0 aliphatic carbocycles. The molecule has 102 valence electrons. The van der Waals surface area contributed by atoms with Crippen LogP contribution >= 0.6 is 11.6 Å². The summed E-state index contributed by atoms with van der Waals surface area (Å²) in [7, 11) is -0.511. The maximum Gasteiger partial charge on any atom is 0.163 e. The molecule has 0 aliphatic heterocycles. The summed E-state index contributed by atoms with van der Waals surface area (Å²) in [5.41, 5.74) is 0.0692. The molecule has 0 aliphatic rings. The molecular formula is C11H14ClFO4S. The Kier molecular flexibility index (Phi) is 4.81. The topological polar surface area (TPSA) is 52.6 Å². The molecule has 0 aromatic heterocycles. The summed E-state index contributed by atoms with van der Waals surface area (Å²) in [4.78, 5) is 0. The average molecular weight is 297 g/mol. The Morgan fingerprint density at radius 2 is 1.78 bits per heavy atom. The summed E-state index contributed by atoms with van der Waals surface area (Å²) in [6.45, 7) is 0. The molecule has 18 heavy (non-hydrogen) atoms. The fourth-order valence-corrected chi connectivity index (χ4v) is 3.03. The summed E-state index contributed by atoms with van der Waals surface area (Å²) >= 11 is 5.91.